The van der Waals surface area contributed by atoms with Crippen molar-refractivity contribution < 1.29 is 14.2 Å². The third-order valence-electron chi connectivity index (χ3n) is 5.17. The average Bonchev–Trinajstić information content (AvgIpc) is 2.77. The molecule has 1 aliphatic rings. The Hall–Kier alpha value is -1.95. The summed E-state index contributed by atoms with van der Waals surface area (Å²) < 4.78 is 17.4. The lowest BCUT2D eigenvalue weighted by molar-refractivity contribution is 0.0339. The Morgan fingerprint density at radius 2 is 1.69 bits per heavy atom. The van der Waals surface area contributed by atoms with E-state index in [-0.39, 0.29) is 6.04 Å². The van der Waals surface area contributed by atoms with Crippen molar-refractivity contribution in [1.82, 2.24) is 4.90 Å². The number of nitrogens with zero attached hydrogens (tertiary/aromatic N) is 2. The van der Waals surface area contributed by atoms with Gasteiger partial charge in [0.2, 0.25) is 0 Å². The molecule has 0 saturated carbocycles. The smallest absolute Gasteiger partial charge is 0.142 e. The molecule has 29 heavy (non-hydrogen) atoms. The summed E-state index contributed by atoms with van der Waals surface area (Å²) in [4.78, 5) is 4.86. The van der Waals surface area contributed by atoms with Crippen molar-refractivity contribution in [1.29, 1.82) is 0 Å². The van der Waals surface area contributed by atoms with Crippen molar-refractivity contribution >= 4 is 17.3 Å². The van der Waals surface area contributed by atoms with Crippen LogP contribution in [0.3, 0.4) is 0 Å². The number of hydrogen-bond acceptors (Lipinski definition) is 5. The summed E-state index contributed by atoms with van der Waals surface area (Å²) >= 11 is 5.97. The second-order valence-corrected chi connectivity index (χ2v) is 7.62. The predicted molar refractivity (Wildman–Crippen MR) is 119 cm³/mol. The molecule has 5 nitrogen and oxygen atoms in total. The van der Waals surface area contributed by atoms with Gasteiger partial charge in [0, 0.05) is 37.8 Å². The van der Waals surface area contributed by atoms with E-state index in [4.69, 9.17) is 25.8 Å². The van der Waals surface area contributed by atoms with Gasteiger partial charge in [0.15, 0.2) is 0 Å². The molecule has 2 aromatic rings. The van der Waals surface area contributed by atoms with Gasteiger partial charge in [0.1, 0.15) is 18.1 Å². The summed E-state index contributed by atoms with van der Waals surface area (Å²) in [5.74, 6) is 1.76. The topological polar surface area (TPSA) is 34.2 Å². The third-order valence-corrected chi connectivity index (χ3v) is 5.42. The lowest BCUT2D eigenvalue weighted by Crippen LogP contribution is -2.53. The highest BCUT2D eigenvalue weighted by Gasteiger charge is 2.26. The van der Waals surface area contributed by atoms with Crippen LogP contribution in [-0.4, -0.2) is 64.1 Å². The molecule has 1 saturated heterocycles. The molecule has 0 spiro atoms. The van der Waals surface area contributed by atoms with E-state index in [2.05, 4.69) is 28.9 Å². The first-order chi connectivity index (χ1) is 14.2. The number of anilines is 1. The number of benzene rings is 2. The van der Waals surface area contributed by atoms with Crippen LogP contribution in [0.4, 0.5) is 5.69 Å². The van der Waals surface area contributed by atoms with Crippen LogP contribution in [0.15, 0.2) is 48.5 Å². The summed E-state index contributed by atoms with van der Waals surface area (Å²) in [5.41, 5.74) is 1.16. The highest BCUT2D eigenvalue weighted by Crippen LogP contribution is 2.28. The van der Waals surface area contributed by atoms with Gasteiger partial charge in [-0.15, -0.1) is 0 Å². The van der Waals surface area contributed by atoms with Crippen LogP contribution in [-0.2, 0) is 4.74 Å². The first-order valence-corrected chi connectivity index (χ1v) is 10.7. The van der Waals surface area contributed by atoms with Crippen LogP contribution in [0.25, 0.3) is 0 Å². The Morgan fingerprint density at radius 3 is 2.38 bits per heavy atom. The number of para-hydroxylation sites is 2. The van der Waals surface area contributed by atoms with Gasteiger partial charge in [-0.25, -0.2) is 0 Å². The maximum absolute atomic E-state index is 6.04. The standard InChI is InChI=1S/C23H31ClN2O3/c1-3-16-28-17-20(18-29-21-10-8-19(24)9-11-21)25-12-14-26(15-13-25)22-6-4-5-7-23(22)27-2/h4-11,20H,3,12-18H2,1-2H3. The minimum Gasteiger partial charge on any atom is -0.495 e. The molecule has 2 aromatic carbocycles. The average molecular weight is 419 g/mol. The van der Waals surface area contributed by atoms with E-state index in [1.54, 1.807) is 7.11 Å². The van der Waals surface area contributed by atoms with Crippen molar-refractivity contribution in [2.24, 2.45) is 0 Å². The summed E-state index contributed by atoms with van der Waals surface area (Å²) in [6, 6.07) is 16.0. The van der Waals surface area contributed by atoms with Crippen LogP contribution in [0.5, 0.6) is 11.5 Å². The largest absolute Gasteiger partial charge is 0.495 e. The predicted octanol–water partition coefficient (Wildman–Crippen LogP) is 4.34. The molecule has 3 rings (SSSR count). The molecule has 0 radical (unpaired) electrons. The maximum Gasteiger partial charge on any atom is 0.142 e. The Morgan fingerprint density at radius 1 is 0.966 bits per heavy atom. The normalized spacial score (nSPS) is 15.9. The summed E-state index contributed by atoms with van der Waals surface area (Å²) in [7, 11) is 1.73. The molecule has 0 bridgehead atoms. The van der Waals surface area contributed by atoms with Gasteiger partial charge in [0.05, 0.1) is 25.4 Å². The van der Waals surface area contributed by atoms with Gasteiger partial charge in [0.25, 0.3) is 0 Å². The molecule has 0 aliphatic carbocycles. The minimum atomic E-state index is 0.219. The second-order valence-electron chi connectivity index (χ2n) is 7.19. The van der Waals surface area contributed by atoms with Gasteiger partial charge in [-0.2, -0.15) is 0 Å². The third kappa shape index (κ3) is 6.26. The van der Waals surface area contributed by atoms with Crippen LogP contribution in [0.2, 0.25) is 5.02 Å². The zero-order chi connectivity index (χ0) is 20.5. The fourth-order valence-electron chi connectivity index (χ4n) is 3.56. The van der Waals surface area contributed by atoms with Gasteiger partial charge >= 0.3 is 0 Å². The number of piperazine rings is 1. The van der Waals surface area contributed by atoms with Crippen molar-refractivity contribution in [3.63, 3.8) is 0 Å². The fourth-order valence-corrected chi connectivity index (χ4v) is 3.69. The van der Waals surface area contributed by atoms with Crippen LogP contribution in [0, 0.1) is 0 Å². The minimum absolute atomic E-state index is 0.219. The molecule has 1 atom stereocenters. The molecule has 1 fully saturated rings. The second kappa shape index (κ2) is 11.3. The molecule has 6 heteroatoms. The first-order valence-electron chi connectivity index (χ1n) is 10.3. The molecular formula is C23H31ClN2O3. The van der Waals surface area contributed by atoms with E-state index >= 15 is 0 Å². The molecule has 1 aliphatic heterocycles. The van der Waals surface area contributed by atoms with Gasteiger partial charge in [-0.1, -0.05) is 30.7 Å². The van der Waals surface area contributed by atoms with E-state index < -0.39 is 0 Å². The lowest BCUT2D eigenvalue weighted by Gasteiger charge is -2.40. The number of methoxy groups -OCH3 is 1. The monoisotopic (exact) mass is 418 g/mol. The molecule has 0 amide bonds. The summed E-state index contributed by atoms with van der Waals surface area (Å²) in [6.07, 6.45) is 1.02. The van der Waals surface area contributed by atoms with Gasteiger partial charge < -0.3 is 19.1 Å². The summed E-state index contributed by atoms with van der Waals surface area (Å²) in [5, 5.41) is 0.715. The Balaban J connectivity index is 1.58. The van der Waals surface area contributed by atoms with E-state index in [9.17, 15) is 0 Å². The maximum atomic E-state index is 6.04. The van der Waals surface area contributed by atoms with Gasteiger partial charge in [-0.05, 0) is 42.8 Å². The van der Waals surface area contributed by atoms with E-state index in [0.717, 1.165) is 56.4 Å². The highest BCUT2D eigenvalue weighted by atomic mass is 35.5. The zero-order valence-electron chi connectivity index (χ0n) is 17.4. The lowest BCUT2D eigenvalue weighted by atomic mass is 10.2. The fraction of sp³-hybridized carbons (Fsp3) is 0.478. The number of hydrogen-bond donors (Lipinski definition) is 0. The molecule has 1 heterocycles. The Labute approximate surface area is 179 Å². The molecule has 1 unspecified atom stereocenters. The van der Waals surface area contributed by atoms with E-state index in [1.807, 2.05) is 36.4 Å². The van der Waals surface area contributed by atoms with Gasteiger partial charge in [-0.3, -0.25) is 4.90 Å². The molecule has 0 aromatic heterocycles. The van der Waals surface area contributed by atoms with Crippen molar-refractivity contribution in [2.75, 3.05) is 58.0 Å². The van der Waals surface area contributed by atoms with Crippen LogP contribution >= 0.6 is 11.6 Å². The van der Waals surface area contributed by atoms with Crippen LogP contribution in [0.1, 0.15) is 13.3 Å². The van der Waals surface area contributed by atoms with Crippen LogP contribution < -0.4 is 14.4 Å². The van der Waals surface area contributed by atoms with Crippen molar-refractivity contribution in [2.45, 2.75) is 19.4 Å². The van der Waals surface area contributed by atoms with E-state index in [1.165, 1.54) is 0 Å². The molecule has 158 valence electrons. The van der Waals surface area contributed by atoms with Crippen molar-refractivity contribution in [3.8, 4) is 11.5 Å². The molecule has 0 N–H and O–H groups in total. The highest BCUT2D eigenvalue weighted by molar-refractivity contribution is 6.30. The van der Waals surface area contributed by atoms with E-state index in [0.29, 0.717) is 18.2 Å². The Kier molecular flexibility index (Phi) is 8.47. The number of rotatable bonds is 10. The molecular weight excluding hydrogens is 388 g/mol. The Bertz CT molecular complexity index is 733. The number of halogens is 1. The first kappa shape index (κ1) is 21.8. The zero-order valence-corrected chi connectivity index (χ0v) is 18.1. The quantitative estimate of drug-likeness (QED) is 0.536. The SMILES string of the molecule is CCCOCC(COc1ccc(Cl)cc1)N1CCN(c2ccccc2OC)CC1. The van der Waals surface area contributed by atoms with Crippen molar-refractivity contribution in [3.05, 3.63) is 53.6 Å². The summed E-state index contributed by atoms with van der Waals surface area (Å²) in [6.45, 7) is 8.00. The number of ether oxygens (including phenoxy) is 3.